The molecule has 1 aliphatic rings. The van der Waals surface area contributed by atoms with Crippen LogP contribution in [0, 0.1) is 5.92 Å². The molecule has 20 heavy (non-hydrogen) atoms. The van der Waals surface area contributed by atoms with Crippen molar-refractivity contribution < 1.29 is 4.74 Å². The molecule has 0 radical (unpaired) electrons. The zero-order chi connectivity index (χ0) is 14.4. The Hall–Kier alpha value is -1.20. The molecule has 1 fully saturated rings. The van der Waals surface area contributed by atoms with Crippen molar-refractivity contribution in [3.8, 4) is 0 Å². The molecular formula is C15H26N4O. The van der Waals surface area contributed by atoms with Crippen molar-refractivity contribution in [2.45, 2.75) is 38.6 Å². The van der Waals surface area contributed by atoms with Crippen LogP contribution < -0.4 is 10.6 Å². The van der Waals surface area contributed by atoms with Crippen molar-refractivity contribution >= 4 is 5.95 Å². The summed E-state index contributed by atoms with van der Waals surface area (Å²) in [5, 5.41) is 0. The van der Waals surface area contributed by atoms with Gasteiger partial charge in [-0.3, -0.25) is 0 Å². The number of nitrogens with zero attached hydrogens (tertiary/aromatic N) is 3. The zero-order valence-corrected chi connectivity index (χ0v) is 12.6. The lowest BCUT2D eigenvalue weighted by Gasteiger charge is -2.27. The van der Waals surface area contributed by atoms with E-state index in [1.807, 2.05) is 12.4 Å². The lowest BCUT2D eigenvalue weighted by atomic mass is 10.00. The predicted molar refractivity (Wildman–Crippen MR) is 80.8 cm³/mol. The van der Waals surface area contributed by atoms with Crippen LogP contribution in [0.1, 0.15) is 31.7 Å². The van der Waals surface area contributed by atoms with Gasteiger partial charge in [0, 0.05) is 45.2 Å². The highest BCUT2D eigenvalue weighted by Gasteiger charge is 2.17. The first kappa shape index (κ1) is 15.2. The van der Waals surface area contributed by atoms with E-state index in [2.05, 4.69) is 28.8 Å². The molecule has 0 bridgehead atoms. The normalized spacial score (nSPS) is 17.9. The van der Waals surface area contributed by atoms with Crippen LogP contribution in [0.3, 0.4) is 0 Å². The quantitative estimate of drug-likeness (QED) is 0.856. The molecule has 1 atom stereocenters. The van der Waals surface area contributed by atoms with Gasteiger partial charge in [-0.15, -0.1) is 0 Å². The van der Waals surface area contributed by atoms with E-state index in [-0.39, 0.29) is 6.04 Å². The lowest BCUT2D eigenvalue weighted by molar-refractivity contribution is 0.0684. The van der Waals surface area contributed by atoms with Crippen LogP contribution in [-0.2, 0) is 11.2 Å². The maximum atomic E-state index is 5.95. The SMILES string of the molecule is CCC(N)Cc1cnc(N(C)CC2CCOCC2)nc1. The van der Waals surface area contributed by atoms with Gasteiger partial charge in [0.05, 0.1) is 0 Å². The summed E-state index contributed by atoms with van der Waals surface area (Å²) in [7, 11) is 2.06. The van der Waals surface area contributed by atoms with E-state index in [0.29, 0.717) is 5.92 Å². The van der Waals surface area contributed by atoms with Crippen molar-refractivity contribution in [3.05, 3.63) is 18.0 Å². The van der Waals surface area contributed by atoms with Crippen molar-refractivity contribution in [1.29, 1.82) is 0 Å². The molecule has 0 amide bonds. The average Bonchev–Trinajstić information content (AvgIpc) is 2.49. The topological polar surface area (TPSA) is 64.3 Å². The summed E-state index contributed by atoms with van der Waals surface area (Å²) in [5.74, 6) is 1.48. The first-order chi connectivity index (χ1) is 9.69. The fraction of sp³-hybridized carbons (Fsp3) is 0.733. The molecule has 0 aromatic carbocycles. The molecule has 2 heterocycles. The minimum absolute atomic E-state index is 0.199. The number of ether oxygens (including phenoxy) is 1. The molecule has 0 aliphatic carbocycles. The minimum atomic E-state index is 0.199. The van der Waals surface area contributed by atoms with E-state index in [1.54, 1.807) is 0 Å². The molecule has 1 aromatic rings. The van der Waals surface area contributed by atoms with Gasteiger partial charge in [-0.25, -0.2) is 9.97 Å². The summed E-state index contributed by atoms with van der Waals surface area (Å²) in [6.45, 7) is 4.86. The Morgan fingerprint density at radius 3 is 2.60 bits per heavy atom. The first-order valence-corrected chi connectivity index (χ1v) is 7.54. The number of hydrogen-bond acceptors (Lipinski definition) is 5. The van der Waals surface area contributed by atoms with E-state index in [1.165, 1.54) is 0 Å². The number of hydrogen-bond donors (Lipinski definition) is 1. The number of rotatable bonds is 6. The predicted octanol–water partition coefficient (Wildman–Crippen LogP) is 1.62. The summed E-state index contributed by atoms with van der Waals surface area (Å²) in [4.78, 5) is 11.1. The first-order valence-electron chi connectivity index (χ1n) is 7.54. The molecule has 1 unspecified atom stereocenters. The molecule has 5 heteroatoms. The molecule has 0 saturated carbocycles. The summed E-state index contributed by atoms with van der Waals surface area (Å²) in [6.07, 6.45) is 7.89. The Morgan fingerprint density at radius 2 is 2.00 bits per heavy atom. The molecule has 2 rings (SSSR count). The Morgan fingerprint density at radius 1 is 1.35 bits per heavy atom. The molecule has 1 aliphatic heterocycles. The molecule has 1 saturated heterocycles. The second kappa shape index (κ2) is 7.55. The number of anilines is 1. The maximum Gasteiger partial charge on any atom is 0.224 e. The monoisotopic (exact) mass is 278 g/mol. The molecule has 1 aromatic heterocycles. The standard InChI is InChI=1S/C15H26N4O/c1-3-14(16)8-13-9-17-15(18-10-13)19(2)11-12-4-6-20-7-5-12/h9-10,12,14H,3-8,11,16H2,1-2H3. The van der Waals surface area contributed by atoms with Gasteiger partial charge < -0.3 is 15.4 Å². The third-order valence-corrected chi connectivity index (χ3v) is 3.93. The Bertz CT molecular complexity index is 389. The summed E-state index contributed by atoms with van der Waals surface area (Å²) < 4.78 is 5.39. The van der Waals surface area contributed by atoms with Gasteiger partial charge in [-0.2, -0.15) is 0 Å². The van der Waals surface area contributed by atoms with Crippen LogP contribution >= 0.6 is 0 Å². The zero-order valence-electron chi connectivity index (χ0n) is 12.6. The number of nitrogens with two attached hydrogens (primary N) is 1. The average molecular weight is 278 g/mol. The Labute approximate surface area is 121 Å². The Kier molecular flexibility index (Phi) is 5.73. The largest absolute Gasteiger partial charge is 0.381 e. The fourth-order valence-electron chi connectivity index (χ4n) is 2.50. The smallest absolute Gasteiger partial charge is 0.224 e. The molecule has 5 nitrogen and oxygen atoms in total. The van der Waals surface area contributed by atoms with E-state index in [0.717, 1.165) is 57.0 Å². The van der Waals surface area contributed by atoms with Gasteiger partial charge in [-0.1, -0.05) is 6.92 Å². The fourth-order valence-corrected chi connectivity index (χ4v) is 2.50. The summed E-state index contributed by atoms with van der Waals surface area (Å²) in [5.41, 5.74) is 7.06. The van der Waals surface area contributed by atoms with Crippen LogP contribution in [0.4, 0.5) is 5.95 Å². The molecule has 2 N–H and O–H groups in total. The van der Waals surface area contributed by atoms with Gasteiger partial charge in [0.2, 0.25) is 5.95 Å². The van der Waals surface area contributed by atoms with Crippen LogP contribution in [-0.4, -0.2) is 42.8 Å². The third-order valence-electron chi connectivity index (χ3n) is 3.93. The van der Waals surface area contributed by atoms with Crippen LogP contribution in [0.15, 0.2) is 12.4 Å². The summed E-state index contributed by atoms with van der Waals surface area (Å²) in [6, 6.07) is 0.199. The van der Waals surface area contributed by atoms with Gasteiger partial charge in [0.25, 0.3) is 0 Å². The second-order valence-corrected chi connectivity index (χ2v) is 5.70. The van der Waals surface area contributed by atoms with E-state index < -0.39 is 0 Å². The highest BCUT2D eigenvalue weighted by Crippen LogP contribution is 2.17. The minimum Gasteiger partial charge on any atom is -0.381 e. The Balaban J connectivity index is 1.87. The maximum absolute atomic E-state index is 5.95. The van der Waals surface area contributed by atoms with Gasteiger partial charge in [0.15, 0.2) is 0 Å². The summed E-state index contributed by atoms with van der Waals surface area (Å²) >= 11 is 0. The van der Waals surface area contributed by atoms with E-state index >= 15 is 0 Å². The number of aromatic nitrogens is 2. The molecule has 112 valence electrons. The highest BCUT2D eigenvalue weighted by atomic mass is 16.5. The van der Waals surface area contributed by atoms with Gasteiger partial charge >= 0.3 is 0 Å². The van der Waals surface area contributed by atoms with Crippen molar-refractivity contribution in [2.75, 3.05) is 31.7 Å². The lowest BCUT2D eigenvalue weighted by Crippen LogP contribution is -2.30. The molecular weight excluding hydrogens is 252 g/mol. The highest BCUT2D eigenvalue weighted by molar-refractivity contribution is 5.28. The van der Waals surface area contributed by atoms with Crippen molar-refractivity contribution in [2.24, 2.45) is 11.7 Å². The molecule has 0 spiro atoms. The van der Waals surface area contributed by atoms with Gasteiger partial charge in [0.1, 0.15) is 0 Å². The second-order valence-electron chi connectivity index (χ2n) is 5.70. The van der Waals surface area contributed by atoms with Crippen LogP contribution in [0.5, 0.6) is 0 Å². The van der Waals surface area contributed by atoms with Crippen LogP contribution in [0.25, 0.3) is 0 Å². The van der Waals surface area contributed by atoms with Crippen molar-refractivity contribution in [3.63, 3.8) is 0 Å². The van der Waals surface area contributed by atoms with E-state index in [4.69, 9.17) is 10.5 Å². The third kappa shape index (κ3) is 4.42. The van der Waals surface area contributed by atoms with Crippen molar-refractivity contribution in [1.82, 2.24) is 9.97 Å². The van der Waals surface area contributed by atoms with E-state index in [9.17, 15) is 0 Å². The van der Waals surface area contributed by atoms with Gasteiger partial charge in [-0.05, 0) is 37.2 Å². The van der Waals surface area contributed by atoms with Crippen LogP contribution in [0.2, 0.25) is 0 Å².